The number of carbonyl (C=O) groups is 1. The molecule has 0 heterocycles. The molecule has 0 radical (unpaired) electrons. The molecule has 3 heteroatoms. The monoisotopic (exact) mass is 271 g/mol. The van der Waals surface area contributed by atoms with Crippen LogP contribution in [0.1, 0.15) is 61.3 Å². The minimum absolute atomic E-state index is 0.126. The first-order valence-electron chi connectivity index (χ1n) is 7.19. The van der Waals surface area contributed by atoms with Gasteiger partial charge in [0.15, 0.2) is 0 Å². The zero-order chi connectivity index (χ0) is 14.5. The molecule has 2 N–H and O–H groups in total. The van der Waals surface area contributed by atoms with E-state index < -0.39 is 6.09 Å². The highest BCUT2D eigenvalue weighted by Crippen LogP contribution is 2.52. The number of amides is 1. The maximum atomic E-state index is 10.7. The van der Waals surface area contributed by atoms with Gasteiger partial charge in [0.25, 0.3) is 0 Å². The Morgan fingerprint density at radius 1 is 1.25 bits per heavy atom. The van der Waals surface area contributed by atoms with E-state index in [-0.39, 0.29) is 5.41 Å². The lowest BCUT2D eigenvalue weighted by Crippen LogP contribution is -2.22. The van der Waals surface area contributed by atoms with E-state index in [2.05, 4.69) is 50.4 Å². The molecule has 2 aliphatic rings. The Morgan fingerprint density at radius 2 is 1.90 bits per heavy atom. The molecule has 2 bridgehead atoms. The second kappa shape index (κ2) is 4.37. The van der Waals surface area contributed by atoms with Crippen molar-refractivity contribution in [2.75, 3.05) is 0 Å². The van der Waals surface area contributed by atoms with Crippen molar-refractivity contribution in [3.8, 4) is 0 Å². The van der Waals surface area contributed by atoms with E-state index in [1.807, 2.05) is 0 Å². The summed E-state index contributed by atoms with van der Waals surface area (Å²) in [6.45, 7) is 7.13. The van der Waals surface area contributed by atoms with Gasteiger partial charge < -0.3 is 10.4 Å². The molecule has 0 aliphatic heterocycles. The van der Waals surface area contributed by atoms with E-state index in [1.165, 1.54) is 16.7 Å². The summed E-state index contributed by atoms with van der Waals surface area (Å²) in [6.07, 6.45) is 4.79. The molecule has 3 rings (SSSR count). The number of hydrogen-bond donors (Lipinski definition) is 2. The Kier molecular flexibility index (Phi) is 2.89. The smallest absolute Gasteiger partial charge is 0.404 e. The molecule has 2 aliphatic carbocycles. The lowest BCUT2D eigenvalue weighted by Gasteiger charge is -2.27. The van der Waals surface area contributed by atoms with E-state index in [4.69, 9.17) is 5.11 Å². The first-order valence-corrected chi connectivity index (χ1v) is 7.19. The number of fused-ring (bicyclic) bond motifs is 5. The molecule has 2 unspecified atom stereocenters. The molecule has 3 nitrogen and oxygen atoms in total. The van der Waals surface area contributed by atoms with Gasteiger partial charge in [-0.25, -0.2) is 4.79 Å². The average Bonchev–Trinajstić information content (AvgIpc) is 2.95. The van der Waals surface area contributed by atoms with Gasteiger partial charge in [0.2, 0.25) is 0 Å². The number of benzene rings is 1. The first-order chi connectivity index (χ1) is 9.38. The molecule has 20 heavy (non-hydrogen) atoms. The van der Waals surface area contributed by atoms with Crippen LogP contribution < -0.4 is 5.32 Å². The molecule has 2 atom stereocenters. The molecule has 0 saturated heterocycles. The van der Waals surface area contributed by atoms with E-state index in [1.54, 1.807) is 0 Å². The Labute approximate surface area is 119 Å². The molecule has 0 saturated carbocycles. The van der Waals surface area contributed by atoms with Crippen LogP contribution in [0.3, 0.4) is 0 Å². The van der Waals surface area contributed by atoms with Gasteiger partial charge in [-0.15, -0.1) is 0 Å². The van der Waals surface area contributed by atoms with Crippen molar-refractivity contribution < 1.29 is 9.90 Å². The number of nitrogens with one attached hydrogen (secondary N) is 1. The van der Waals surface area contributed by atoms with E-state index in [9.17, 15) is 4.79 Å². The first kappa shape index (κ1) is 13.2. The predicted octanol–water partition coefficient (Wildman–Crippen LogP) is 3.89. The van der Waals surface area contributed by atoms with Crippen LogP contribution in [0.25, 0.3) is 0 Å². The quantitative estimate of drug-likeness (QED) is 0.802. The fourth-order valence-electron chi connectivity index (χ4n) is 3.62. The lowest BCUT2D eigenvalue weighted by atomic mass is 9.78. The van der Waals surface area contributed by atoms with Crippen LogP contribution in [-0.4, -0.2) is 11.2 Å². The van der Waals surface area contributed by atoms with Crippen LogP contribution in [0.4, 0.5) is 4.79 Å². The summed E-state index contributed by atoms with van der Waals surface area (Å²) in [5.41, 5.74) is 5.49. The predicted molar refractivity (Wildman–Crippen MR) is 79.2 cm³/mol. The number of carboxylic acid groups (broad SMARTS) is 1. The van der Waals surface area contributed by atoms with Crippen molar-refractivity contribution in [1.29, 1.82) is 0 Å². The molecule has 0 aromatic heterocycles. The maximum absolute atomic E-state index is 10.7. The van der Waals surface area contributed by atoms with Crippen molar-refractivity contribution in [3.05, 3.63) is 46.5 Å². The van der Waals surface area contributed by atoms with Gasteiger partial charge in [0, 0.05) is 18.4 Å². The summed E-state index contributed by atoms with van der Waals surface area (Å²) in [5, 5.41) is 11.3. The highest BCUT2D eigenvalue weighted by molar-refractivity contribution is 5.65. The zero-order valence-electron chi connectivity index (χ0n) is 12.2. The summed E-state index contributed by atoms with van der Waals surface area (Å²) in [4.78, 5) is 10.7. The Bertz CT molecular complexity index is 596. The van der Waals surface area contributed by atoms with Crippen LogP contribution in [0.5, 0.6) is 0 Å². The second-order valence-electron chi connectivity index (χ2n) is 6.84. The van der Waals surface area contributed by atoms with Gasteiger partial charge >= 0.3 is 6.09 Å². The fraction of sp³-hybridized carbons (Fsp3) is 0.471. The Balaban J connectivity index is 2.07. The molecule has 0 fully saturated rings. The van der Waals surface area contributed by atoms with Gasteiger partial charge in [-0.1, -0.05) is 45.1 Å². The van der Waals surface area contributed by atoms with Crippen LogP contribution in [-0.2, 0) is 12.0 Å². The van der Waals surface area contributed by atoms with Gasteiger partial charge in [-0.2, -0.15) is 0 Å². The van der Waals surface area contributed by atoms with Crippen LogP contribution in [0, 0.1) is 0 Å². The van der Waals surface area contributed by atoms with Gasteiger partial charge in [0.1, 0.15) is 0 Å². The number of allylic oxidation sites excluding steroid dienone is 2. The molecular formula is C17H21NO2. The van der Waals surface area contributed by atoms with Crippen molar-refractivity contribution >= 4 is 6.09 Å². The molecule has 1 aromatic carbocycles. The van der Waals surface area contributed by atoms with Gasteiger partial charge in [0.05, 0.1) is 0 Å². The average molecular weight is 271 g/mol. The van der Waals surface area contributed by atoms with Crippen molar-refractivity contribution in [2.24, 2.45) is 0 Å². The number of rotatable bonds is 2. The summed E-state index contributed by atoms with van der Waals surface area (Å²) in [6, 6.07) is 4.29. The molecule has 1 aromatic rings. The zero-order valence-corrected chi connectivity index (χ0v) is 12.2. The van der Waals surface area contributed by atoms with Crippen molar-refractivity contribution in [3.63, 3.8) is 0 Å². The van der Waals surface area contributed by atoms with Gasteiger partial charge in [-0.05, 0) is 34.1 Å². The van der Waals surface area contributed by atoms with Crippen LogP contribution in [0.15, 0.2) is 24.3 Å². The fourth-order valence-corrected chi connectivity index (χ4v) is 3.62. The van der Waals surface area contributed by atoms with E-state index in [0.717, 1.165) is 12.0 Å². The third kappa shape index (κ3) is 2.01. The number of hydrogen-bond acceptors (Lipinski definition) is 1. The highest BCUT2D eigenvalue weighted by Gasteiger charge is 2.38. The molecule has 1 amide bonds. The maximum Gasteiger partial charge on any atom is 0.404 e. The third-order valence-corrected chi connectivity index (χ3v) is 4.44. The van der Waals surface area contributed by atoms with Crippen LogP contribution >= 0.6 is 0 Å². The minimum Gasteiger partial charge on any atom is -0.465 e. The third-order valence-electron chi connectivity index (χ3n) is 4.44. The topological polar surface area (TPSA) is 49.3 Å². The standard InChI is InChI=1S/C17H21NO2/c1-17(2,3)13-7-6-12(9-18-16(19)20)14-10-4-5-11(8-10)15(13)14/h4-7,10-11,18H,8-9H2,1-3H3,(H,19,20). The Hall–Kier alpha value is -1.77. The summed E-state index contributed by atoms with van der Waals surface area (Å²) in [7, 11) is 0. The SMILES string of the molecule is CC(C)(C)c1ccc(CNC(=O)O)c2c1C1C=CC2C1. The Morgan fingerprint density at radius 3 is 2.50 bits per heavy atom. The molecule has 106 valence electrons. The normalized spacial score (nSPS) is 22.9. The molecule has 0 spiro atoms. The van der Waals surface area contributed by atoms with Crippen molar-refractivity contribution in [1.82, 2.24) is 5.32 Å². The van der Waals surface area contributed by atoms with E-state index >= 15 is 0 Å². The second-order valence-corrected chi connectivity index (χ2v) is 6.84. The van der Waals surface area contributed by atoms with Crippen molar-refractivity contribution in [2.45, 2.75) is 51.0 Å². The lowest BCUT2D eigenvalue weighted by molar-refractivity contribution is 0.194. The highest BCUT2D eigenvalue weighted by atomic mass is 16.4. The minimum atomic E-state index is -0.961. The summed E-state index contributed by atoms with van der Waals surface area (Å²) in [5.74, 6) is 0.997. The van der Waals surface area contributed by atoms with Crippen LogP contribution in [0.2, 0.25) is 0 Å². The summed E-state index contributed by atoms with van der Waals surface area (Å²) >= 11 is 0. The summed E-state index contributed by atoms with van der Waals surface area (Å²) < 4.78 is 0. The molecular weight excluding hydrogens is 250 g/mol. The van der Waals surface area contributed by atoms with Gasteiger partial charge in [-0.3, -0.25) is 0 Å². The van der Waals surface area contributed by atoms with E-state index in [0.29, 0.717) is 18.4 Å². The largest absolute Gasteiger partial charge is 0.465 e.